The molecule has 0 fully saturated rings. The summed E-state index contributed by atoms with van der Waals surface area (Å²) < 4.78 is 4.80. The van der Waals surface area contributed by atoms with Gasteiger partial charge in [0.25, 0.3) is 0 Å². The molecule has 2 amide bonds. The van der Waals surface area contributed by atoms with Gasteiger partial charge in [0.15, 0.2) is 0 Å². The van der Waals surface area contributed by atoms with Crippen molar-refractivity contribution in [2.75, 3.05) is 25.6 Å². The molecule has 110 valence electrons. The maximum atomic E-state index is 11.6. The highest BCUT2D eigenvalue weighted by molar-refractivity contribution is 6.39. The summed E-state index contributed by atoms with van der Waals surface area (Å²) in [4.78, 5) is 23.2. The molecular formula is C14H20N2O4. The molecule has 1 unspecified atom stereocenters. The van der Waals surface area contributed by atoms with Crippen LogP contribution in [0.4, 0.5) is 5.69 Å². The molecule has 0 bridgehead atoms. The Balaban J connectivity index is 2.47. The van der Waals surface area contributed by atoms with Crippen molar-refractivity contribution >= 4 is 17.5 Å². The van der Waals surface area contributed by atoms with E-state index in [2.05, 4.69) is 10.6 Å². The van der Waals surface area contributed by atoms with Crippen LogP contribution < -0.4 is 10.6 Å². The van der Waals surface area contributed by atoms with Crippen LogP contribution in [0.15, 0.2) is 24.3 Å². The van der Waals surface area contributed by atoms with Gasteiger partial charge >= 0.3 is 11.8 Å². The van der Waals surface area contributed by atoms with Crippen molar-refractivity contribution in [2.24, 2.45) is 0 Å². The number of hydrogen-bond acceptors (Lipinski definition) is 4. The number of hydrogen-bond donors (Lipinski definition) is 3. The topological polar surface area (TPSA) is 87.7 Å². The maximum absolute atomic E-state index is 11.6. The van der Waals surface area contributed by atoms with Crippen LogP contribution >= 0.6 is 0 Å². The number of amides is 2. The number of anilines is 1. The molecular weight excluding hydrogens is 260 g/mol. The summed E-state index contributed by atoms with van der Waals surface area (Å²) >= 11 is 0. The highest BCUT2D eigenvalue weighted by Gasteiger charge is 2.23. The van der Waals surface area contributed by atoms with Crippen molar-refractivity contribution in [3.63, 3.8) is 0 Å². The Bertz CT molecular complexity index is 469. The fourth-order valence-electron chi connectivity index (χ4n) is 1.54. The molecule has 0 aromatic heterocycles. The summed E-state index contributed by atoms with van der Waals surface area (Å²) in [5.41, 5.74) is 0.386. The third-order valence-corrected chi connectivity index (χ3v) is 2.60. The van der Waals surface area contributed by atoms with E-state index in [9.17, 15) is 14.7 Å². The highest BCUT2D eigenvalue weighted by Crippen LogP contribution is 2.08. The Labute approximate surface area is 118 Å². The van der Waals surface area contributed by atoms with Gasteiger partial charge in [-0.25, -0.2) is 0 Å². The third-order valence-electron chi connectivity index (χ3n) is 2.60. The number of methoxy groups -OCH3 is 1. The zero-order valence-electron chi connectivity index (χ0n) is 11.9. The lowest BCUT2D eigenvalue weighted by molar-refractivity contribution is -0.137. The van der Waals surface area contributed by atoms with Crippen LogP contribution in [0, 0.1) is 6.92 Å². The van der Waals surface area contributed by atoms with E-state index in [-0.39, 0.29) is 13.2 Å². The number of rotatable bonds is 5. The molecule has 1 aromatic carbocycles. The van der Waals surface area contributed by atoms with E-state index >= 15 is 0 Å². The molecule has 3 N–H and O–H groups in total. The van der Waals surface area contributed by atoms with E-state index in [0.29, 0.717) is 5.69 Å². The molecule has 0 radical (unpaired) electrons. The van der Waals surface area contributed by atoms with Gasteiger partial charge < -0.3 is 20.5 Å². The molecule has 0 heterocycles. The lowest BCUT2D eigenvalue weighted by Gasteiger charge is -2.22. The molecule has 0 aliphatic carbocycles. The predicted octanol–water partition coefficient (Wildman–Crippen LogP) is 0.447. The molecule has 6 nitrogen and oxygen atoms in total. The van der Waals surface area contributed by atoms with Crippen LogP contribution in [0.5, 0.6) is 0 Å². The normalized spacial score (nSPS) is 13.4. The zero-order chi connectivity index (χ0) is 15.2. The summed E-state index contributed by atoms with van der Waals surface area (Å²) in [7, 11) is 1.44. The van der Waals surface area contributed by atoms with E-state index < -0.39 is 17.4 Å². The zero-order valence-corrected chi connectivity index (χ0v) is 11.9. The van der Waals surface area contributed by atoms with E-state index in [1.54, 1.807) is 12.1 Å². The molecule has 1 rings (SSSR count). The molecule has 6 heteroatoms. The van der Waals surface area contributed by atoms with Crippen molar-refractivity contribution in [3.8, 4) is 0 Å². The van der Waals surface area contributed by atoms with Gasteiger partial charge in [-0.05, 0) is 26.0 Å². The molecule has 0 saturated heterocycles. The van der Waals surface area contributed by atoms with E-state index in [1.807, 2.05) is 19.1 Å². The van der Waals surface area contributed by atoms with Crippen molar-refractivity contribution < 1.29 is 19.4 Å². The minimum atomic E-state index is -1.21. The summed E-state index contributed by atoms with van der Waals surface area (Å²) in [6.45, 7) is 3.43. The molecule has 20 heavy (non-hydrogen) atoms. The van der Waals surface area contributed by atoms with Crippen LogP contribution in [-0.2, 0) is 14.3 Å². The smallest absolute Gasteiger partial charge is 0.313 e. The Hall–Kier alpha value is -1.92. The lowest BCUT2D eigenvalue weighted by Crippen LogP contribution is -2.46. The molecule has 1 aromatic rings. The summed E-state index contributed by atoms with van der Waals surface area (Å²) in [5, 5.41) is 14.6. The summed E-state index contributed by atoms with van der Waals surface area (Å²) in [6.07, 6.45) is 0. The van der Waals surface area contributed by atoms with Crippen LogP contribution in [0.3, 0.4) is 0 Å². The predicted molar refractivity (Wildman–Crippen MR) is 75.3 cm³/mol. The minimum absolute atomic E-state index is 0.0624. The number of carbonyl (C=O) groups is 2. The van der Waals surface area contributed by atoms with E-state index in [4.69, 9.17) is 4.74 Å². The first kappa shape index (κ1) is 16.1. The van der Waals surface area contributed by atoms with Gasteiger partial charge in [0.1, 0.15) is 5.60 Å². The Morgan fingerprint density at radius 3 is 2.40 bits per heavy atom. The van der Waals surface area contributed by atoms with Crippen LogP contribution in [0.2, 0.25) is 0 Å². The van der Waals surface area contributed by atoms with Gasteiger partial charge in [0.05, 0.1) is 6.61 Å². The Morgan fingerprint density at radius 1 is 1.25 bits per heavy atom. The molecule has 1 atom stereocenters. The average Bonchev–Trinajstić information content (AvgIpc) is 2.38. The highest BCUT2D eigenvalue weighted by atomic mass is 16.5. The Morgan fingerprint density at radius 2 is 1.85 bits per heavy atom. The van der Waals surface area contributed by atoms with Crippen molar-refractivity contribution in [2.45, 2.75) is 19.4 Å². The van der Waals surface area contributed by atoms with E-state index in [1.165, 1.54) is 14.0 Å². The molecule has 0 aliphatic heterocycles. The van der Waals surface area contributed by atoms with Crippen molar-refractivity contribution in [3.05, 3.63) is 29.8 Å². The minimum Gasteiger partial charge on any atom is -0.386 e. The van der Waals surface area contributed by atoms with Gasteiger partial charge in [-0.1, -0.05) is 17.7 Å². The second kappa shape index (κ2) is 7.02. The third kappa shape index (κ3) is 5.38. The standard InChI is InChI=1S/C14H20N2O4/c1-10-4-6-11(7-5-10)16-13(18)12(17)15-8-14(2,19)9-20-3/h4-7,19H,8-9H2,1-3H3,(H,15,17)(H,16,18). The maximum Gasteiger partial charge on any atom is 0.313 e. The second-order valence-corrected chi connectivity index (χ2v) is 4.93. The van der Waals surface area contributed by atoms with Gasteiger partial charge in [-0.15, -0.1) is 0 Å². The van der Waals surface area contributed by atoms with Gasteiger partial charge in [0.2, 0.25) is 0 Å². The van der Waals surface area contributed by atoms with Crippen molar-refractivity contribution in [1.82, 2.24) is 5.32 Å². The van der Waals surface area contributed by atoms with Gasteiger partial charge in [0, 0.05) is 19.3 Å². The number of carbonyl (C=O) groups excluding carboxylic acids is 2. The first-order chi connectivity index (χ1) is 9.34. The number of ether oxygens (including phenoxy) is 1. The van der Waals surface area contributed by atoms with Crippen LogP contribution in [0.25, 0.3) is 0 Å². The average molecular weight is 280 g/mol. The summed E-state index contributed by atoms with van der Waals surface area (Å²) in [6, 6.07) is 7.08. The fraction of sp³-hybridized carbons (Fsp3) is 0.429. The fourth-order valence-corrected chi connectivity index (χ4v) is 1.54. The van der Waals surface area contributed by atoms with Crippen LogP contribution in [-0.4, -0.2) is 42.8 Å². The number of aryl methyl sites for hydroxylation is 1. The molecule has 0 saturated carbocycles. The quantitative estimate of drug-likeness (QED) is 0.683. The summed E-state index contributed by atoms with van der Waals surface area (Å²) in [5.74, 6) is -1.58. The lowest BCUT2D eigenvalue weighted by atomic mass is 10.1. The number of aliphatic hydroxyl groups is 1. The Kier molecular flexibility index (Phi) is 5.66. The first-order valence-corrected chi connectivity index (χ1v) is 6.21. The van der Waals surface area contributed by atoms with Gasteiger partial charge in [-0.3, -0.25) is 9.59 Å². The largest absolute Gasteiger partial charge is 0.386 e. The van der Waals surface area contributed by atoms with Crippen molar-refractivity contribution in [1.29, 1.82) is 0 Å². The van der Waals surface area contributed by atoms with Crippen LogP contribution in [0.1, 0.15) is 12.5 Å². The SMILES string of the molecule is COCC(C)(O)CNC(=O)C(=O)Nc1ccc(C)cc1. The second-order valence-electron chi connectivity index (χ2n) is 4.93. The van der Waals surface area contributed by atoms with E-state index in [0.717, 1.165) is 5.56 Å². The first-order valence-electron chi connectivity index (χ1n) is 6.21. The molecule has 0 aliphatic rings. The number of benzene rings is 1. The monoisotopic (exact) mass is 280 g/mol. The molecule has 0 spiro atoms. The van der Waals surface area contributed by atoms with Gasteiger partial charge in [-0.2, -0.15) is 0 Å². The number of nitrogens with one attached hydrogen (secondary N) is 2.